The highest BCUT2D eigenvalue weighted by atomic mass is 14.3. The minimum absolute atomic E-state index is 0.982. The summed E-state index contributed by atoms with van der Waals surface area (Å²) in [6.45, 7) is 18.8. The normalized spacial score (nSPS) is 12.1. The highest BCUT2D eigenvalue weighted by molar-refractivity contribution is 6.26. The lowest BCUT2D eigenvalue weighted by molar-refractivity contribution is 1.24. The minimum atomic E-state index is 0.982. The van der Waals surface area contributed by atoms with Crippen LogP contribution in [0.15, 0.2) is 121 Å². The molecule has 0 bridgehead atoms. The second kappa shape index (κ2) is 12.5. The van der Waals surface area contributed by atoms with E-state index in [1.807, 2.05) is 0 Å². The van der Waals surface area contributed by atoms with Crippen LogP contribution in [0.4, 0.5) is 0 Å². The Bertz CT molecular complexity index is 2710. The molecule has 0 amide bonds. The van der Waals surface area contributed by atoms with Gasteiger partial charge in [0, 0.05) is 0 Å². The van der Waals surface area contributed by atoms with E-state index < -0.39 is 0 Å². The van der Waals surface area contributed by atoms with Crippen molar-refractivity contribution in [2.24, 2.45) is 0 Å². The quantitative estimate of drug-likeness (QED) is 0.162. The van der Waals surface area contributed by atoms with Crippen LogP contribution < -0.4 is 0 Å². The fourth-order valence-electron chi connectivity index (χ4n) is 9.51. The molecule has 0 unspecified atom stereocenters. The first-order valence-corrected chi connectivity index (χ1v) is 19.1. The molecule has 0 saturated carbocycles. The van der Waals surface area contributed by atoms with Crippen LogP contribution in [0.5, 0.6) is 0 Å². The summed E-state index contributed by atoms with van der Waals surface area (Å²) in [5.41, 5.74) is 27.0. The van der Waals surface area contributed by atoms with Gasteiger partial charge in [0.1, 0.15) is 0 Å². The monoisotopic (exact) mass is 682 g/mol. The van der Waals surface area contributed by atoms with Gasteiger partial charge in [-0.15, -0.1) is 0 Å². The Morgan fingerprint density at radius 3 is 1.30 bits per heavy atom. The maximum atomic E-state index is 2.48. The van der Waals surface area contributed by atoms with Crippen LogP contribution in [0.2, 0.25) is 0 Å². The fourth-order valence-corrected chi connectivity index (χ4v) is 9.51. The van der Waals surface area contributed by atoms with E-state index >= 15 is 0 Å². The lowest BCUT2D eigenvalue weighted by atomic mass is 9.75. The Hall–Kier alpha value is -5.72. The molecule has 8 aromatic rings. The van der Waals surface area contributed by atoms with Gasteiger partial charge >= 0.3 is 0 Å². The fraction of sp³-hybridized carbons (Fsp3) is 0.170. The third-order valence-corrected chi connectivity index (χ3v) is 12.9. The number of hydrogen-bond donors (Lipinski definition) is 0. The molecule has 0 saturated heterocycles. The highest BCUT2D eigenvalue weighted by Gasteiger charge is 2.29. The molecule has 0 aliphatic heterocycles. The lowest BCUT2D eigenvalue weighted by Crippen LogP contribution is -2.04. The van der Waals surface area contributed by atoms with E-state index in [-0.39, 0.29) is 0 Å². The Labute approximate surface area is 314 Å². The van der Waals surface area contributed by atoms with Gasteiger partial charge in [-0.25, -0.2) is 0 Å². The standard InChI is InChI=1S/C53H46/c1-30-32(3)36(7)49-47(34(30)5)52(42-26-27-43(38-18-11-9-12-19-38)46(29-42)39-20-13-10-14-21-39)48-35(6)31(2)33(4)37(8)50(48)53(49)45-25-17-23-41-28-40-22-15-16-24-44(40)51(41)45/h9-27,29H,28H2,1-8H3. The van der Waals surface area contributed by atoms with Crippen LogP contribution >= 0.6 is 0 Å². The summed E-state index contributed by atoms with van der Waals surface area (Å²) < 4.78 is 0. The summed E-state index contributed by atoms with van der Waals surface area (Å²) in [6.07, 6.45) is 0.982. The SMILES string of the molecule is Cc1c(C)c(C)c2c(-c3cccc4c3-c3ccccc3C4)c3c(C)c(C)c(C)c(C)c3c(-c3ccc(-c4ccccc4)c(-c4ccccc4)c3)c2c1C. The molecule has 9 rings (SSSR count). The van der Waals surface area contributed by atoms with Crippen molar-refractivity contribution in [2.45, 2.75) is 61.8 Å². The molecule has 0 fully saturated rings. The zero-order valence-electron chi connectivity index (χ0n) is 32.3. The molecule has 0 radical (unpaired) electrons. The molecule has 258 valence electrons. The van der Waals surface area contributed by atoms with Crippen LogP contribution in [0, 0.1) is 55.4 Å². The molecule has 0 heteroatoms. The van der Waals surface area contributed by atoms with E-state index in [0.717, 1.165) is 6.42 Å². The molecule has 0 aromatic heterocycles. The summed E-state index contributed by atoms with van der Waals surface area (Å²) in [7, 11) is 0. The smallest absolute Gasteiger partial charge is 0.00132 e. The Morgan fingerprint density at radius 1 is 0.283 bits per heavy atom. The van der Waals surface area contributed by atoms with Gasteiger partial charge in [-0.1, -0.05) is 115 Å². The van der Waals surface area contributed by atoms with Crippen molar-refractivity contribution in [2.75, 3.05) is 0 Å². The lowest BCUT2D eigenvalue weighted by Gasteiger charge is -2.28. The molecule has 0 N–H and O–H groups in total. The van der Waals surface area contributed by atoms with Crippen molar-refractivity contribution in [1.29, 1.82) is 0 Å². The maximum absolute atomic E-state index is 2.48. The van der Waals surface area contributed by atoms with Crippen molar-refractivity contribution in [1.82, 2.24) is 0 Å². The predicted octanol–water partition coefficient (Wildman–Crippen LogP) is 14.7. The van der Waals surface area contributed by atoms with Gasteiger partial charge in [0.25, 0.3) is 0 Å². The van der Waals surface area contributed by atoms with Crippen LogP contribution in [-0.4, -0.2) is 0 Å². The first-order chi connectivity index (χ1) is 25.7. The first kappa shape index (κ1) is 33.1. The van der Waals surface area contributed by atoms with Gasteiger partial charge < -0.3 is 0 Å². The minimum Gasteiger partial charge on any atom is -0.0622 e. The highest BCUT2D eigenvalue weighted by Crippen LogP contribution is 2.54. The Morgan fingerprint density at radius 2 is 0.736 bits per heavy atom. The van der Waals surface area contributed by atoms with Gasteiger partial charge in [-0.2, -0.15) is 0 Å². The second-order valence-corrected chi connectivity index (χ2v) is 15.4. The zero-order chi connectivity index (χ0) is 36.7. The Balaban J connectivity index is 1.51. The number of fused-ring (bicyclic) bond motifs is 5. The van der Waals surface area contributed by atoms with E-state index in [1.165, 1.54) is 133 Å². The van der Waals surface area contributed by atoms with E-state index in [0.29, 0.717) is 0 Å². The number of hydrogen-bond acceptors (Lipinski definition) is 0. The molecule has 0 nitrogen and oxygen atoms in total. The number of benzene rings is 8. The number of rotatable bonds is 4. The largest absolute Gasteiger partial charge is 0.0622 e. The van der Waals surface area contributed by atoms with Crippen LogP contribution in [0.3, 0.4) is 0 Å². The van der Waals surface area contributed by atoms with Gasteiger partial charge in [-0.05, 0) is 201 Å². The Kier molecular flexibility index (Phi) is 7.79. The molecule has 0 heterocycles. The van der Waals surface area contributed by atoms with Gasteiger partial charge in [0.2, 0.25) is 0 Å². The van der Waals surface area contributed by atoms with Gasteiger partial charge in [-0.3, -0.25) is 0 Å². The topological polar surface area (TPSA) is 0 Å². The van der Waals surface area contributed by atoms with Crippen molar-refractivity contribution >= 4 is 21.5 Å². The van der Waals surface area contributed by atoms with Crippen LogP contribution in [0.25, 0.3) is 77.2 Å². The molecule has 8 aromatic carbocycles. The van der Waals surface area contributed by atoms with Crippen molar-refractivity contribution < 1.29 is 0 Å². The molecule has 0 atom stereocenters. The van der Waals surface area contributed by atoms with Crippen LogP contribution in [0.1, 0.15) is 55.6 Å². The van der Waals surface area contributed by atoms with E-state index in [4.69, 9.17) is 0 Å². The number of aryl methyl sites for hydroxylation is 4. The summed E-state index contributed by atoms with van der Waals surface area (Å²) in [5.74, 6) is 0. The molecule has 0 spiro atoms. The van der Waals surface area contributed by atoms with E-state index in [9.17, 15) is 0 Å². The maximum Gasteiger partial charge on any atom is -0.00132 e. The third kappa shape index (κ3) is 4.89. The summed E-state index contributed by atoms with van der Waals surface area (Å²) in [6, 6.07) is 45.1. The van der Waals surface area contributed by atoms with E-state index in [2.05, 4.69) is 177 Å². The summed E-state index contributed by atoms with van der Waals surface area (Å²) in [4.78, 5) is 0. The van der Waals surface area contributed by atoms with Crippen molar-refractivity contribution in [3.63, 3.8) is 0 Å². The summed E-state index contributed by atoms with van der Waals surface area (Å²) in [5, 5.41) is 5.55. The molecule has 1 aliphatic rings. The van der Waals surface area contributed by atoms with Crippen molar-refractivity contribution in [3.05, 3.63) is 177 Å². The van der Waals surface area contributed by atoms with Gasteiger partial charge in [0.15, 0.2) is 0 Å². The molecule has 1 aliphatic carbocycles. The van der Waals surface area contributed by atoms with Crippen LogP contribution in [-0.2, 0) is 6.42 Å². The zero-order valence-corrected chi connectivity index (χ0v) is 32.3. The molecular formula is C53H46. The van der Waals surface area contributed by atoms with Crippen molar-refractivity contribution in [3.8, 4) is 55.6 Å². The average Bonchev–Trinajstić information content (AvgIpc) is 3.59. The third-order valence-electron chi connectivity index (χ3n) is 12.9. The average molecular weight is 683 g/mol. The van der Waals surface area contributed by atoms with Gasteiger partial charge in [0.05, 0.1) is 0 Å². The second-order valence-electron chi connectivity index (χ2n) is 15.4. The predicted molar refractivity (Wildman–Crippen MR) is 229 cm³/mol. The molecular weight excluding hydrogens is 637 g/mol. The van der Waals surface area contributed by atoms with E-state index in [1.54, 1.807) is 0 Å². The first-order valence-electron chi connectivity index (χ1n) is 19.1. The summed E-state index contributed by atoms with van der Waals surface area (Å²) >= 11 is 0. The molecule has 53 heavy (non-hydrogen) atoms.